The van der Waals surface area contributed by atoms with Gasteiger partial charge in [0.2, 0.25) is 0 Å². The third-order valence-corrected chi connectivity index (χ3v) is 15.5. The van der Waals surface area contributed by atoms with Crippen molar-refractivity contribution in [3.05, 3.63) is 0 Å². The van der Waals surface area contributed by atoms with Gasteiger partial charge in [0, 0.05) is 5.25 Å². The Bertz CT molecular complexity index is 252. The lowest BCUT2D eigenvalue weighted by atomic mass is 9.96. The molecule has 0 bridgehead atoms. The van der Waals surface area contributed by atoms with Crippen molar-refractivity contribution in [2.24, 2.45) is 0 Å². The van der Waals surface area contributed by atoms with E-state index in [2.05, 4.69) is 30.4 Å². The van der Waals surface area contributed by atoms with Gasteiger partial charge >= 0.3 is 0 Å². The van der Waals surface area contributed by atoms with Crippen molar-refractivity contribution in [1.29, 1.82) is 0 Å². The second kappa shape index (κ2) is 4.45. The Kier molecular flexibility index (Phi) is 3.66. The first-order valence-electron chi connectivity index (χ1n) is 6.80. The van der Waals surface area contributed by atoms with Crippen LogP contribution in [0.4, 0.5) is 0 Å². The molecule has 2 unspecified atom stereocenters. The number of nitrogens with zero attached hydrogens (tertiary/aromatic N) is 1. The van der Waals surface area contributed by atoms with Crippen LogP contribution in [0.15, 0.2) is 0 Å². The topological polar surface area (TPSA) is 3.24 Å². The molecule has 0 aromatic carbocycles. The molecular formula is C12H27NSSi2. The second-order valence-corrected chi connectivity index (χ2v) is 17.4. The maximum atomic E-state index is 4.73. The number of rotatable bonds is 1. The van der Waals surface area contributed by atoms with Crippen LogP contribution in [0.25, 0.3) is 0 Å². The maximum absolute atomic E-state index is 4.73. The molecule has 0 aromatic heterocycles. The maximum Gasteiger partial charge on any atom is 0.115 e. The molecule has 0 radical (unpaired) electrons. The Morgan fingerprint density at radius 1 is 1.00 bits per heavy atom. The van der Waals surface area contributed by atoms with E-state index in [0.29, 0.717) is 5.25 Å². The van der Waals surface area contributed by atoms with Gasteiger partial charge in [0.15, 0.2) is 0 Å². The standard InChI is InChI=1S/C12H27NSSi2/c1-15(2)8-9-16(3,4)13(15)11-6-5-7-12(14)10-11/h11-12,14H,5-10H2,1-4H3. The zero-order valence-electron chi connectivity index (χ0n) is 11.3. The molecule has 1 saturated heterocycles. The molecular weight excluding hydrogens is 246 g/mol. The normalized spacial score (nSPS) is 38.8. The van der Waals surface area contributed by atoms with Crippen molar-refractivity contribution in [1.82, 2.24) is 4.23 Å². The fraction of sp³-hybridized carbons (Fsp3) is 1.00. The number of thiol groups is 1. The van der Waals surface area contributed by atoms with Gasteiger partial charge in [0.05, 0.1) is 0 Å². The van der Waals surface area contributed by atoms with E-state index in [1.807, 2.05) is 0 Å². The summed E-state index contributed by atoms with van der Waals surface area (Å²) < 4.78 is 3.09. The average molecular weight is 274 g/mol. The lowest BCUT2D eigenvalue weighted by molar-refractivity contribution is 0.335. The molecule has 2 fully saturated rings. The molecule has 0 spiro atoms. The first-order valence-corrected chi connectivity index (χ1v) is 13.6. The summed E-state index contributed by atoms with van der Waals surface area (Å²) in [5.41, 5.74) is 0. The zero-order valence-corrected chi connectivity index (χ0v) is 14.2. The fourth-order valence-electron chi connectivity index (χ4n) is 4.03. The lowest BCUT2D eigenvalue weighted by Crippen LogP contribution is -2.60. The van der Waals surface area contributed by atoms with E-state index in [1.54, 1.807) is 12.1 Å². The van der Waals surface area contributed by atoms with Gasteiger partial charge in [0.1, 0.15) is 16.5 Å². The summed E-state index contributed by atoms with van der Waals surface area (Å²) in [5, 5.41) is 0.675. The van der Waals surface area contributed by atoms with E-state index in [1.165, 1.54) is 25.7 Å². The van der Waals surface area contributed by atoms with Crippen LogP contribution in [0.1, 0.15) is 25.7 Å². The Morgan fingerprint density at radius 2 is 1.56 bits per heavy atom. The molecule has 2 rings (SSSR count). The van der Waals surface area contributed by atoms with Gasteiger partial charge in [-0.05, 0) is 37.4 Å². The molecule has 0 aromatic rings. The van der Waals surface area contributed by atoms with Gasteiger partial charge in [0.25, 0.3) is 0 Å². The molecule has 1 aliphatic carbocycles. The van der Waals surface area contributed by atoms with Crippen LogP contribution < -0.4 is 0 Å². The fourth-order valence-corrected chi connectivity index (χ4v) is 19.5. The van der Waals surface area contributed by atoms with Crippen molar-refractivity contribution in [3.8, 4) is 0 Å². The quantitative estimate of drug-likeness (QED) is 0.559. The van der Waals surface area contributed by atoms with Crippen molar-refractivity contribution in [2.75, 3.05) is 0 Å². The molecule has 1 aliphatic heterocycles. The molecule has 4 heteroatoms. The van der Waals surface area contributed by atoms with Gasteiger partial charge < -0.3 is 4.23 Å². The number of hydrogen-bond acceptors (Lipinski definition) is 2. The van der Waals surface area contributed by atoms with Crippen molar-refractivity contribution < 1.29 is 0 Å². The lowest BCUT2D eigenvalue weighted by Gasteiger charge is -2.47. The van der Waals surface area contributed by atoms with Crippen LogP contribution in [0, 0.1) is 0 Å². The largest absolute Gasteiger partial charge is 0.343 e. The third kappa shape index (κ3) is 2.45. The highest BCUT2D eigenvalue weighted by Crippen LogP contribution is 2.42. The van der Waals surface area contributed by atoms with Gasteiger partial charge in [-0.15, -0.1) is 0 Å². The summed E-state index contributed by atoms with van der Waals surface area (Å²) in [6.07, 6.45) is 5.56. The van der Waals surface area contributed by atoms with E-state index in [-0.39, 0.29) is 0 Å². The SMILES string of the molecule is C[Si]1(C)CC[Si](C)(C)N1C1CCCC(S)C1. The smallest absolute Gasteiger partial charge is 0.115 e. The van der Waals surface area contributed by atoms with Crippen LogP contribution in [0.2, 0.25) is 38.3 Å². The summed E-state index contributed by atoms with van der Waals surface area (Å²) in [7, 11) is -2.12. The molecule has 1 heterocycles. The molecule has 0 amide bonds. The monoisotopic (exact) mass is 273 g/mol. The van der Waals surface area contributed by atoms with Crippen LogP contribution in [0.5, 0.6) is 0 Å². The summed E-state index contributed by atoms with van der Waals surface area (Å²) in [5.74, 6) is 0. The Morgan fingerprint density at radius 3 is 2.06 bits per heavy atom. The van der Waals surface area contributed by atoms with Crippen molar-refractivity contribution in [2.45, 2.75) is 75.3 Å². The summed E-state index contributed by atoms with van der Waals surface area (Å²) in [4.78, 5) is 0. The predicted molar refractivity (Wildman–Crippen MR) is 81.4 cm³/mol. The Labute approximate surface area is 109 Å². The van der Waals surface area contributed by atoms with E-state index in [0.717, 1.165) is 6.04 Å². The molecule has 94 valence electrons. The van der Waals surface area contributed by atoms with Crippen LogP contribution in [-0.2, 0) is 0 Å². The van der Waals surface area contributed by atoms with E-state index < -0.39 is 16.5 Å². The summed E-state index contributed by atoms with van der Waals surface area (Å²) in [6.45, 7) is 10.4. The molecule has 2 atom stereocenters. The van der Waals surface area contributed by atoms with Gasteiger partial charge in [-0.25, -0.2) is 0 Å². The minimum absolute atomic E-state index is 0.675. The Balaban J connectivity index is 2.16. The van der Waals surface area contributed by atoms with E-state index in [4.69, 9.17) is 12.6 Å². The van der Waals surface area contributed by atoms with Crippen LogP contribution in [-0.4, -0.2) is 32.0 Å². The molecule has 1 saturated carbocycles. The highest BCUT2D eigenvalue weighted by molar-refractivity contribution is 7.80. The zero-order chi connectivity index (χ0) is 12.0. The third-order valence-electron chi connectivity index (χ3n) is 4.64. The first-order chi connectivity index (χ1) is 7.33. The highest BCUT2D eigenvalue weighted by atomic mass is 32.1. The van der Waals surface area contributed by atoms with Crippen LogP contribution >= 0.6 is 12.6 Å². The predicted octanol–water partition coefficient (Wildman–Crippen LogP) is 3.95. The second-order valence-electron chi connectivity index (χ2n) is 6.97. The first kappa shape index (κ1) is 13.2. The van der Waals surface area contributed by atoms with E-state index in [9.17, 15) is 0 Å². The highest BCUT2D eigenvalue weighted by Gasteiger charge is 2.50. The minimum atomic E-state index is -1.06. The minimum Gasteiger partial charge on any atom is -0.343 e. The summed E-state index contributed by atoms with van der Waals surface area (Å²) in [6, 6.07) is 3.97. The van der Waals surface area contributed by atoms with E-state index >= 15 is 0 Å². The Hall–Kier alpha value is 0.744. The molecule has 1 nitrogen and oxygen atoms in total. The average Bonchev–Trinajstić information content (AvgIpc) is 2.35. The number of hydrogen-bond donors (Lipinski definition) is 1. The van der Waals surface area contributed by atoms with Crippen molar-refractivity contribution >= 4 is 29.1 Å². The molecule has 16 heavy (non-hydrogen) atoms. The van der Waals surface area contributed by atoms with Crippen molar-refractivity contribution in [3.63, 3.8) is 0 Å². The molecule has 2 aliphatic rings. The van der Waals surface area contributed by atoms with Gasteiger partial charge in [-0.3, -0.25) is 0 Å². The molecule has 0 N–H and O–H groups in total. The van der Waals surface area contributed by atoms with Gasteiger partial charge in [-0.2, -0.15) is 12.6 Å². The summed E-state index contributed by atoms with van der Waals surface area (Å²) >= 11 is 4.73. The van der Waals surface area contributed by atoms with Gasteiger partial charge in [-0.1, -0.05) is 32.6 Å². The van der Waals surface area contributed by atoms with Crippen LogP contribution in [0.3, 0.4) is 0 Å².